The Morgan fingerprint density at radius 2 is 2.08 bits per heavy atom. The van der Waals surface area contributed by atoms with Crippen LogP contribution in [0, 0.1) is 0 Å². The van der Waals surface area contributed by atoms with Crippen molar-refractivity contribution in [2.75, 3.05) is 25.4 Å². The highest BCUT2D eigenvalue weighted by molar-refractivity contribution is 5.78. The maximum absolute atomic E-state index is 5.96. The number of nitrogen functional groups attached to an aromatic ring is 1. The van der Waals surface area contributed by atoms with Crippen LogP contribution in [0.5, 0.6) is 0 Å². The van der Waals surface area contributed by atoms with Crippen molar-refractivity contribution < 1.29 is 4.74 Å². The zero-order valence-electron chi connectivity index (χ0n) is 14.8. The van der Waals surface area contributed by atoms with Crippen LogP contribution in [-0.4, -0.2) is 40.7 Å². The first kappa shape index (κ1) is 16.9. The normalized spacial score (nSPS) is 18.2. The molecule has 1 aliphatic rings. The largest absolute Gasteiger partial charge is 0.384 e. The number of para-hydroxylation sites is 1. The summed E-state index contributed by atoms with van der Waals surface area (Å²) in [6.45, 7) is 3.53. The molecule has 5 nitrogen and oxygen atoms in total. The van der Waals surface area contributed by atoms with Gasteiger partial charge in [0.2, 0.25) is 0 Å². The summed E-state index contributed by atoms with van der Waals surface area (Å²) in [5, 5.41) is 1.19. The summed E-state index contributed by atoms with van der Waals surface area (Å²) in [6, 6.07) is 16.5. The highest BCUT2D eigenvalue weighted by Gasteiger charge is 2.20. The minimum Gasteiger partial charge on any atom is -0.384 e. The molecule has 0 saturated carbocycles. The standard InChI is InChI=1S/C21H24N4O/c22-21-13-16(9-10-23-21)5-8-19-15-25(11-12-26-19)14-18-7-6-17-3-1-2-4-20(17)24-18/h1-4,6-7,9-10,13,19H,5,8,11-12,14-15H2,(H2,22,23)/t19-/m1/s1. The second-order valence-electron chi connectivity index (χ2n) is 6.85. The fourth-order valence-corrected chi connectivity index (χ4v) is 3.50. The summed E-state index contributed by atoms with van der Waals surface area (Å²) < 4.78 is 5.96. The monoisotopic (exact) mass is 348 g/mol. The number of nitrogens with zero attached hydrogens (tertiary/aromatic N) is 3. The lowest BCUT2D eigenvalue weighted by atomic mass is 10.1. The third-order valence-electron chi connectivity index (χ3n) is 4.87. The van der Waals surface area contributed by atoms with Crippen LogP contribution in [0.2, 0.25) is 0 Å². The van der Waals surface area contributed by atoms with E-state index < -0.39 is 0 Å². The van der Waals surface area contributed by atoms with Crippen molar-refractivity contribution in [1.82, 2.24) is 14.9 Å². The Morgan fingerprint density at radius 3 is 3.00 bits per heavy atom. The molecule has 0 bridgehead atoms. The van der Waals surface area contributed by atoms with Crippen LogP contribution in [-0.2, 0) is 17.7 Å². The van der Waals surface area contributed by atoms with Gasteiger partial charge < -0.3 is 10.5 Å². The number of ether oxygens (including phenoxy) is 1. The number of fused-ring (bicyclic) bond motifs is 1. The fourth-order valence-electron chi connectivity index (χ4n) is 3.50. The van der Waals surface area contributed by atoms with Crippen LogP contribution in [0.15, 0.2) is 54.7 Å². The average Bonchev–Trinajstić information content (AvgIpc) is 2.67. The molecule has 0 amide bonds. The first-order valence-corrected chi connectivity index (χ1v) is 9.15. The minimum absolute atomic E-state index is 0.249. The van der Waals surface area contributed by atoms with Gasteiger partial charge in [-0.1, -0.05) is 24.3 Å². The van der Waals surface area contributed by atoms with Crippen molar-refractivity contribution in [3.63, 3.8) is 0 Å². The topological polar surface area (TPSA) is 64.3 Å². The van der Waals surface area contributed by atoms with Crippen molar-refractivity contribution in [3.8, 4) is 0 Å². The van der Waals surface area contributed by atoms with Gasteiger partial charge in [0.25, 0.3) is 0 Å². The first-order chi connectivity index (χ1) is 12.8. The van der Waals surface area contributed by atoms with Gasteiger partial charge in [0.1, 0.15) is 5.82 Å². The highest BCUT2D eigenvalue weighted by atomic mass is 16.5. The van der Waals surface area contributed by atoms with E-state index in [4.69, 9.17) is 15.5 Å². The predicted molar refractivity (Wildman–Crippen MR) is 104 cm³/mol. The number of benzene rings is 1. The summed E-state index contributed by atoms with van der Waals surface area (Å²) in [7, 11) is 0. The van der Waals surface area contributed by atoms with E-state index in [1.165, 1.54) is 10.9 Å². The molecule has 134 valence electrons. The van der Waals surface area contributed by atoms with Gasteiger partial charge in [0.15, 0.2) is 0 Å². The lowest BCUT2D eigenvalue weighted by Gasteiger charge is -2.32. The van der Waals surface area contributed by atoms with E-state index in [0.717, 1.165) is 50.3 Å². The zero-order chi connectivity index (χ0) is 17.8. The Kier molecular flexibility index (Phi) is 5.09. The van der Waals surface area contributed by atoms with Gasteiger partial charge in [-0.05, 0) is 42.7 Å². The molecule has 3 aromatic rings. The number of anilines is 1. The van der Waals surface area contributed by atoms with E-state index in [0.29, 0.717) is 5.82 Å². The molecule has 1 atom stereocenters. The van der Waals surface area contributed by atoms with Gasteiger partial charge in [0.05, 0.1) is 23.9 Å². The number of aryl methyl sites for hydroxylation is 1. The number of hydrogen-bond donors (Lipinski definition) is 1. The molecule has 0 unspecified atom stereocenters. The maximum Gasteiger partial charge on any atom is 0.123 e. The number of hydrogen-bond acceptors (Lipinski definition) is 5. The second kappa shape index (κ2) is 7.81. The van der Waals surface area contributed by atoms with Gasteiger partial charge in [-0.3, -0.25) is 9.88 Å². The molecule has 26 heavy (non-hydrogen) atoms. The van der Waals surface area contributed by atoms with Crippen molar-refractivity contribution in [1.29, 1.82) is 0 Å². The fraction of sp³-hybridized carbons (Fsp3) is 0.333. The molecule has 2 aromatic heterocycles. The molecular weight excluding hydrogens is 324 g/mol. The van der Waals surface area contributed by atoms with Gasteiger partial charge in [0, 0.05) is 31.2 Å². The summed E-state index contributed by atoms with van der Waals surface area (Å²) >= 11 is 0. The Hall–Kier alpha value is -2.50. The second-order valence-corrected chi connectivity index (χ2v) is 6.85. The van der Waals surface area contributed by atoms with E-state index >= 15 is 0 Å². The number of rotatable bonds is 5. The van der Waals surface area contributed by atoms with Crippen LogP contribution in [0.4, 0.5) is 5.82 Å². The van der Waals surface area contributed by atoms with E-state index in [1.807, 2.05) is 24.3 Å². The third kappa shape index (κ3) is 4.18. The Balaban J connectivity index is 1.35. The predicted octanol–water partition coefficient (Wildman–Crippen LogP) is 3.05. The van der Waals surface area contributed by atoms with Crippen molar-refractivity contribution >= 4 is 16.7 Å². The molecule has 1 saturated heterocycles. The van der Waals surface area contributed by atoms with E-state index in [9.17, 15) is 0 Å². The number of pyridine rings is 2. The molecule has 0 radical (unpaired) electrons. The maximum atomic E-state index is 5.96. The Labute approximate surface area is 153 Å². The molecular formula is C21H24N4O. The van der Waals surface area contributed by atoms with E-state index in [1.54, 1.807) is 6.20 Å². The third-order valence-corrected chi connectivity index (χ3v) is 4.87. The molecule has 1 aromatic carbocycles. The van der Waals surface area contributed by atoms with Crippen LogP contribution < -0.4 is 5.73 Å². The number of morpholine rings is 1. The summed E-state index contributed by atoms with van der Waals surface area (Å²) in [6.07, 6.45) is 3.97. The first-order valence-electron chi connectivity index (χ1n) is 9.15. The number of aromatic nitrogens is 2. The minimum atomic E-state index is 0.249. The van der Waals surface area contributed by atoms with Crippen molar-refractivity contribution in [2.24, 2.45) is 0 Å². The van der Waals surface area contributed by atoms with Gasteiger partial charge >= 0.3 is 0 Å². The summed E-state index contributed by atoms with van der Waals surface area (Å²) in [5.41, 5.74) is 9.15. The average molecular weight is 348 g/mol. The molecule has 4 rings (SSSR count). The lowest BCUT2D eigenvalue weighted by Crippen LogP contribution is -2.42. The van der Waals surface area contributed by atoms with Crippen LogP contribution in [0.3, 0.4) is 0 Å². The van der Waals surface area contributed by atoms with Crippen molar-refractivity contribution in [2.45, 2.75) is 25.5 Å². The molecule has 1 aliphatic heterocycles. The van der Waals surface area contributed by atoms with Crippen LogP contribution in [0.25, 0.3) is 10.9 Å². The zero-order valence-corrected chi connectivity index (χ0v) is 14.8. The highest BCUT2D eigenvalue weighted by Crippen LogP contribution is 2.17. The smallest absolute Gasteiger partial charge is 0.123 e. The van der Waals surface area contributed by atoms with Gasteiger partial charge in [-0.2, -0.15) is 0 Å². The molecule has 0 spiro atoms. The van der Waals surface area contributed by atoms with Crippen molar-refractivity contribution in [3.05, 3.63) is 66.0 Å². The summed E-state index contributed by atoms with van der Waals surface area (Å²) in [4.78, 5) is 11.3. The molecule has 3 heterocycles. The van der Waals surface area contributed by atoms with E-state index in [2.05, 4.69) is 34.1 Å². The van der Waals surface area contributed by atoms with Gasteiger partial charge in [-0.15, -0.1) is 0 Å². The quantitative estimate of drug-likeness (QED) is 0.768. The lowest BCUT2D eigenvalue weighted by molar-refractivity contribution is -0.0348. The number of nitrogens with two attached hydrogens (primary N) is 1. The Bertz CT molecular complexity index is 883. The SMILES string of the molecule is Nc1cc(CC[C@@H]2CN(Cc3ccc4ccccc4n3)CCO2)ccn1. The van der Waals surface area contributed by atoms with Gasteiger partial charge in [-0.25, -0.2) is 4.98 Å². The molecule has 0 aliphatic carbocycles. The molecule has 2 N–H and O–H groups in total. The summed E-state index contributed by atoms with van der Waals surface area (Å²) in [5.74, 6) is 0.580. The molecule has 1 fully saturated rings. The van der Waals surface area contributed by atoms with Crippen LogP contribution in [0.1, 0.15) is 17.7 Å². The van der Waals surface area contributed by atoms with E-state index in [-0.39, 0.29) is 6.10 Å². The Morgan fingerprint density at radius 1 is 1.15 bits per heavy atom. The van der Waals surface area contributed by atoms with Crippen LogP contribution >= 0.6 is 0 Å². The molecule has 5 heteroatoms.